The van der Waals surface area contributed by atoms with Gasteiger partial charge in [-0.15, -0.1) is 0 Å². The summed E-state index contributed by atoms with van der Waals surface area (Å²) < 4.78 is 12.0. The third-order valence-electron chi connectivity index (χ3n) is 10.3. The van der Waals surface area contributed by atoms with Gasteiger partial charge in [0.05, 0.1) is 24.3 Å². The smallest absolute Gasteiger partial charge is 0.419 e. The van der Waals surface area contributed by atoms with Crippen molar-refractivity contribution in [3.63, 3.8) is 0 Å². The maximum Gasteiger partial charge on any atom is 0.419 e. The second-order valence-electron chi connectivity index (χ2n) is 14.9. The molecule has 6 N–H and O–H groups in total. The zero-order valence-corrected chi connectivity index (χ0v) is 34.1. The van der Waals surface area contributed by atoms with E-state index in [0.29, 0.717) is 12.0 Å². The summed E-state index contributed by atoms with van der Waals surface area (Å²) >= 11 is 0. The van der Waals surface area contributed by atoms with Gasteiger partial charge in [0.1, 0.15) is 25.6 Å². The number of carbonyl (C=O) groups excluding carboxylic acids is 7. The van der Waals surface area contributed by atoms with Crippen molar-refractivity contribution in [2.75, 3.05) is 6.54 Å². The van der Waals surface area contributed by atoms with Crippen molar-refractivity contribution in [1.29, 1.82) is 0 Å². The second kappa shape index (κ2) is 23.2. The number of carbonyl (C=O) groups is 7. The molecule has 16 heteroatoms. The van der Waals surface area contributed by atoms with Crippen molar-refractivity contribution in [2.24, 2.45) is 11.7 Å². The third-order valence-corrected chi connectivity index (χ3v) is 10.3. The van der Waals surface area contributed by atoms with E-state index in [1.807, 2.05) is 36.4 Å². The van der Waals surface area contributed by atoms with Gasteiger partial charge in [-0.05, 0) is 41.9 Å². The minimum absolute atomic E-state index is 0.0243. The summed E-state index contributed by atoms with van der Waals surface area (Å²) in [7, 11) is 0. The summed E-state index contributed by atoms with van der Waals surface area (Å²) in [5.41, 5.74) is 8.61. The number of hydrogen-bond donors (Lipinski definition) is 5. The van der Waals surface area contributed by atoms with Crippen molar-refractivity contribution < 1.29 is 43.0 Å². The summed E-state index contributed by atoms with van der Waals surface area (Å²) in [6, 6.07) is 21.8. The highest BCUT2D eigenvalue weighted by Gasteiger charge is 2.34. The molecule has 1 heterocycles. The number of esters is 1. The van der Waals surface area contributed by atoms with Crippen LogP contribution in [-0.2, 0) is 57.9 Å². The predicted octanol–water partition coefficient (Wildman–Crippen LogP) is 3.57. The number of ketones is 1. The van der Waals surface area contributed by atoms with Gasteiger partial charge in [-0.3, -0.25) is 24.0 Å². The lowest BCUT2D eigenvalue weighted by atomic mass is 9.84. The molecule has 61 heavy (non-hydrogen) atoms. The normalized spacial score (nSPS) is 14.6. The first-order chi connectivity index (χ1) is 29.5. The maximum atomic E-state index is 13.9. The van der Waals surface area contributed by atoms with Gasteiger partial charge in [0.2, 0.25) is 23.5 Å². The van der Waals surface area contributed by atoms with E-state index in [2.05, 4.69) is 26.3 Å². The SMILES string of the molecule is CCCC(NC(=O)[C@H](Cc1cn(C(=O)OCc2ccccc2)cn1)NC(=O)[C@@H](N)C1CCCCC1)C(=O)C(=O)NCC(=O)N[C@H](C(=O)OCc1ccccc1)c1ccccc1. The van der Waals surface area contributed by atoms with Crippen molar-refractivity contribution >= 4 is 41.5 Å². The molecule has 0 bridgehead atoms. The number of benzene rings is 3. The van der Waals surface area contributed by atoms with E-state index in [1.165, 1.54) is 12.5 Å². The molecule has 1 fully saturated rings. The van der Waals surface area contributed by atoms with Gasteiger partial charge in [-0.1, -0.05) is 124 Å². The molecule has 0 radical (unpaired) electrons. The Balaban J connectivity index is 1.22. The van der Waals surface area contributed by atoms with Gasteiger partial charge in [0, 0.05) is 12.6 Å². The maximum absolute atomic E-state index is 13.9. The molecule has 0 saturated heterocycles. The number of nitrogens with two attached hydrogens (primary N) is 1. The van der Waals surface area contributed by atoms with Crippen LogP contribution in [0.1, 0.15) is 80.3 Å². The Morgan fingerprint density at radius 2 is 1.34 bits per heavy atom. The molecule has 4 amide bonds. The Morgan fingerprint density at radius 1 is 0.754 bits per heavy atom. The standard InChI is InChI=1S/C45H53N7O9/c1-2-15-35(40(54)43(57)47-25-37(53)51-39(33-22-13-6-14-23-33)44(58)60-27-30-16-7-3-8-17-30)49-41(55)36(50-42(56)38(46)32-20-11-5-12-21-32)24-34-26-52(29-48-34)45(59)61-28-31-18-9-4-10-19-31/h3-4,6-10,13-14,16-19,22-23,26,29,32,35-36,38-39H,2,5,11-12,15,20-21,24-25,27-28,46H2,1H3,(H,47,57)(H,49,55)(H,50,56)(H,51,53)/t35?,36-,38-,39-/m0/s1. The molecule has 1 unspecified atom stereocenters. The fourth-order valence-electron chi connectivity index (χ4n) is 6.94. The fraction of sp³-hybridized carbons (Fsp3) is 0.378. The molecule has 1 aliphatic carbocycles. The quantitative estimate of drug-likeness (QED) is 0.0639. The van der Waals surface area contributed by atoms with E-state index in [9.17, 15) is 33.6 Å². The Hall–Kier alpha value is -6.68. The van der Waals surface area contributed by atoms with Gasteiger partial charge >= 0.3 is 12.1 Å². The molecule has 3 aromatic carbocycles. The molecule has 322 valence electrons. The highest BCUT2D eigenvalue weighted by atomic mass is 16.5. The topological polar surface area (TPSA) is 230 Å². The first-order valence-corrected chi connectivity index (χ1v) is 20.5. The number of nitrogens with zero attached hydrogens (tertiary/aromatic N) is 2. The molecule has 0 aliphatic heterocycles. The number of nitrogens with one attached hydrogen (secondary N) is 4. The monoisotopic (exact) mass is 835 g/mol. The highest BCUT2D eigenvalue weighted by Crippen LogP contribution is 2.26. The summed E-state index contributed by atoms with van der Waals surface area (Å²) in [4.78, 5) is 97.4. The first kappa shape index (κ1) is 45.4. The lowest BCUT2D eigenvalue weighted by Gasteiger charge is -2.28. The van der Waals surface area contributed by atoms with Crippen molar-refractivity contribution in [2.45, 2.75) is 95.7 Å². The number of aromatic nitrogens is 2. The van der Waals surface area contributed by atoms with Crippen LogP contribution in [-0.4, -0.2) is 75.7 Å². The second-order valence-corrected chi connectivity index (χ2v) is 14.9. The van der Waals surface area contributed by atoms with E-state index >= 15 is 0 Å². The number of rotatable bonds is 20. The molecular weight excluding hydrogens is 783 g/mol. The molecule has 1 aliphatic rings. The van der Waals surface area contributed by atoms with Crippen LogP contribution in [0.5, 0.6) is 0 Å². The van der Waals surface area contributed by atoms with Gasteiger partial charge in [0.25, 0.3) is 5.91 Å². The van der Waals surface area contributed by atoms with Crippen molar-refractivity contribution in [1.82, 2.24) is 30.8 Å². The van der Waals surface area contributed by atoms with E-state index in [0.717, 1.165) is 47.8 Å². The number of Topliss-reactive ketones (excluding diaryl/α,β-unsaturated/α-hetero) is 1. The summed E-state index contributed by atoms with van der Waals surface area (Å²) in [6.45, 7) is 1.08. The van der Waals surface area contributed by atoms with Crippen LogP contribution in [0.2, 0.25) is 0 Å². The zero-order chi connectivity index (χ0) is 43.6. The minimum atomic E-state index is -1.33. The Morgan fingerprint density at radius 3 is 1.97 bits per heavy atom. The van der Waals surface area contributed by atoms with Crippen LogP contribution >= 0.6 is 0 Å². The number of ether oxygens (including phenoxy) is 2. The van der Waals surface area contributed by atoms with Crippen LogP contribution in [0, 0.1) is 5.92 Å². The molecule has 0 spiro atoms. The molecule has 4 aromatic rings. The van der Waals surface area contributed by atoms with Crippen molar-refractivity contribution in [3.8, 4) is 0 Å². The molecule has 1 saturated carbocycles. The van der Waals surface area contributed by atoms with Crippen LogP contribution in [0.3, 0.4) is 0 Å². The molecule has 5 rings (SSSR count). The highest BCUT2D eigenvalue weighted by molar-refractivity contribution is 6.38. The third kappa shape index (κ3) is 14.0. The lowest BCUT2D eigenvalue weighted by Crippen LogP contribution is -2.57. The van der Waals surface area contributed by atoms with Crippen LogP contribution in [0.25, 0.3) is 0 Å². The van der Waals surface area contributed by atoms with Gasteiger partial charge in [-0.2, -0.15) is 0 Å². The van der Waals surface area contributed by atoms with Crippen LogP contribution < -0.4 is 27.0 Å². The van der Waals surface area contributed by atoms with E-state index in [-0.39, 0.29) is 37.7 Å². The summed E-state index contributed by atoms with van der Waals surface area (Å²) in [6.07, 6.45) is 6.60. The largest absolute Gasteiger partial charge is 0.459 e. The van der Waals surface area contributed by atoms with Crippen LogP contribution in [0.15, 0.2) is 104 Å². The van der Waals surface area contributed by atoms with Crippen molar-refractivity contribution in [3.05, 3.63) is 126 Å². The summed E-state index contributed by atoms with van der Waals surface area (Å²) in [5, 5.41) is 10.2. The van der Waals surface area contributed by atoms with Gasteiger partial charge in [0.15, 0.2) is 6.04 Å². The van der Waals surface area contributed by atoms with E-state index in [1.54, 1.807) is 61.5 Å². The molecule has 16 nitrogen and oxygen atoms in total. The fourth-order valence-corrected chi connectivity index (χ4v) is 6.94. The Bertz CT molecular complexity index is 2090. The molecule has 4 atom stereocenters. The number of amides is 4. The van der Waals surface area contributed by atoms with Gasteiger partial charge < -0.3 is 36.5 Å². The average molecular weight is 836 g/mol. The van der Waals surface area contributed by atoms with Gasteiger partial charge in [-0.25, -0.2) is 19.1 Å². The molecular formula is C45H53N7O9. The number of imidazole rings is 1. The Labute approximate surface area is 354 Å². The Kier molecular flexibility index (Phi) is 17.3. The lowest BCUT2D eigenvalue weighted by molar-refractivity contribution is -0.149. The zero-order valence-electron chi connectivity index (χ0n) is 34.1. The predicted molar refractivity (Wildman–Crippen MR) is 223 cm³/mol. The minimum Gasteiger partial charge on any atom is -0.459 e. The first-order valence-electron chi connectivity index (χ1n) is 20.5. The van der Waals surface area contributed by atoms with E-state index in [4.69, 9.17) is 15.2 Å². The molecule has 1 aromatic heterocycles. The summed E-state index contributed by atoms with van der Waals surface area (Å²) in [5.74, 6) is -5.11. The average Bonchev–Trinajstić information content (AvgIpc) is 3.77. The number of hydrogen-bond acceptors (Lipinski definition) is 11. The van der Waals surface area contributed by atoms with Crippen LogP contribution in [0.4, 0.5) is 4.79 Å². The van der Waals surface area contributed by atoms with E-state index < -0.39 is 72.2 Å².